The molecule has 0 saturated heterocycles. The number of carbonyl (C=O) groups excluding carboxylic acids is 1. The van der Waals surface area contributed by atoms with E-state index in [1.807, 2.05) is 50.2 Å². The van der Waals surface area contributed by atoms with E-state index in [1.54, 1.807) is 6.20 Å². The predicted octanol–water partition coefficient (Wildman–Crippen LogP) is 5.12. The highest BCUT2D eigenvalue weighted by atomic mass is 32.2. The molecule has 0 saturated carbocycles. The van der Waals surface area contributed by atoms with Crippen LogP contribution in [0.3, 0.4) is 0 Å². The number of unbranched alkanes of at least 4 members (excludes halogenated alkanes) is 1. The zero-order valence-electron chi connectivity index (χ0n) is 23.6. The van der Waals surface area contributed by atoms with E-state index < -0.39 is 12.0 Å². The lowest BCUT2D eigenvalue weighted by Gasteiger charge is -2.23. The summed E-state index contributed by atoms with van der Waals surface area (Å²) < 4.78 is 11.4. The molecule has 3 heterocycles. The summed E-state index contributed by atoms with van der Waals surface area (Å²) in [7, 11) is 0. The second-order valence-corrected chi connectivity index (χ2v) is 11.0. The fourth-order valence-corrected chi connectivity index (χ4v) is 5.18. The van der Waals surface area contributed by atoms with Crippen LogP contribution in [0.25, 0.3) is 0 Å². The molecule has 1 aromatic carbocycles. The monoisotopic (exact) mass is 563 g/mol. The Morgan fingerprint density at radius 2 is 1.98 bits per heavy atom. The average Bonchev–Trinajstić information content (AvgIpc) is 2.97. The number of anilines is 1. The first-order valence-corrected chi connectivity index (χ1v) is 14.9. The Kier molecular flexibility index (Phi) is 11.6. The van der Waals surface area contributed by atoms with Crippen LogP contribution < -0.4 is 15.8 Å². The smallest absolute Gasteiger partial charge is 0.335 e. The molecular formula is C31H41N5O3S. The number of pyridine rings is 2. The van der Waals surface area contributed by atoms with Crippen LogP contribution in [0.2, 0.25) is 0 Å². The summed E-state index contributed by atoms with van der Waals surface area (Å²) in [6, 6.07) is 15.4. The van der Waals surface area contributed by atoms with Gasteiger partial charge in [0, 0.05) is 31.0 Å². The van der Waals surface area contributed by atoms with Gasteiger partial charge in [0.1, 0.15) is 24.2 Å². The van der Waals surface area contributed by atoms with Crippen LogP contribution >= 0.6 is 12.0 Å². The Balaban J connectivity index is 1.24. The van der Waals surface area contributed by atoms with Crippen LogP contribution in [0.1, 0.15) is 48.2 Å². The third-order valence-electron chi connectivity index (χ3n) is 7.04. The Morgan fingerprint density at radius 3 is 2.80 bits per heavy atom. The van der Waals surface area contributed by atoms with Crippen molar-refractivity contribution in [1.82, 2.24) is 14.9 Å². The first kappa shape index (κ1) is 29.8. The van der Waals surface area contributed by atoms with Crippen molar-refractivity contribution in [2.24, 2.45) is 5.73 Å². The molecule has 0 unspecified atom stereocenters. The molecule has 0 bridgehead atoms. The highest BCUT2D eigenvalue weighted by molar-refractivity contribution is 7.95. The summed E-state index contributed by atoms with van der Waals surface area (Å²) in [5.41, 5.74) is 10.7. The number of rotatable bonds is 15. The van der Waals surface area contributed by atoms with E-state index in [0.717, 1.165) is 90.8 Å². The first-order chi connectivity index (χ1) is 19.5. The number of nitrogens with one attached hydrogen (secondary N) is 1. The third-order valence-corrected chi connectivity index (χ3v) is 7.92. The summed E-state index contributed by atoms with van der Waals surface area (Å²) in [4.78, 5) is 24.9. The van der Waals surface area contributed by atoms with Crippen molar-refractivity contribution in [3.05, 3.63) is 77.2 Å². The van der Waals surface area contributed by atoms with Crippen molar-refractivity contribution in [3.63, 3.8) is 0 Å². The van der Waals surface area contributed by atoms with Crippen LogP contribution in [0.5, 0.6) is 5.75 Å². The number of benzene rings is 1. The van der Waals surface area contributed by atoms with Gasteiger partial charge in [-0.15, -0.1) is 0 Å². The van der Waals surface area contributed by atoms with Crippen LogP contribution in [0.4, 0.5) is 5.82 Å². The molecule has 9 heteroatoms. The van der Waals surface area contributed by atoms with Crippen LogP contribution in [-0.2, 0) is 21.8 Å². The summed E-state index contributed by atoms with van der Waals surface area (Å²) in [5, 5.41) is 3.42. The molecule has 0 radical (unpaired) electrons. The van der Waals surface area contributed by atoms with Gasteiger partial charge in [0.05, 0.1) is 23.1 Å². The van der Waals surface area contributed by atoms with Gasteiger partial charge < -0.3 is 20.0 Å². The molecule has 0 fully saturated rings. The third kappa shape index (κ3) is 9.50. The van der Waals surface area contributed by atoms with Crippen molar-refractivity contribution >= 4 is 23.8 Å². The van der Waals surface area contributed by atoms with Gasteiger partial charge in [-0.05, 0) is 94.3 Å². The van der Waals surface area contributed by atoms with Crippen LogP contribution in [-0.4, -0.2) is 59.7 Å². The molecule has 3 N–H and O–H groups in total. The van der Waals surface area contributed by atoms with Gasteiger partial charge in [-0.1, -0.05) is 24.3 Å². The van der Waals surface area contributed by atoms with Crippen molar-refractivity contribution in [2.75, 3.05) is 38.1 Å². The molecular weight excluding hydrogens is 522 g/mol. The quantitative estimate of drug-likeness (QED) is 0.193. The summed E-state index contributed by atoms with van der Waals surface area (Å²) >= 11 is 1.07. The minimum atomic E-state index is -0.687. The minimum Gasteiger partial charge on any atom is -0.491 e. The lowest BCUT2D eigenvalue weighted by atomic mass is 10.1. The van der Waals surface area contributed by atoms with Crippen molar-refractivity contribution in [2.45, 2.75) is 63.3 Å². The highest BCUT2D eigenvalue weighted by Crippen LogP contribution is 2.23. The number of hydrogen-bond donors (Lipinski definition) is 2. The van der Waals surface area contributed by atoms with E-state index in [2.05, 4.69) is 27.3 Å². The minimum absolute atomic E-state index is 0.401. The van der Waals surface area contributed by atoms with Gasteiger partial charge in [-0.2, -0.15) is 0 Å². The number of hydrogen-bond acceptors (Lipinski definition) is 9. The molecule has 1 aliphatic rings. The maximum absolute atomic E-state index is 12.6. The van der Waals surface area contributed by atoms with E-state index in [-0.39, 0.29) is 0 Å². The number of fused-ring (bicyclic) bond motifs is 1. The summed E-state index contributed by atoms with van der Waals surface area (Å²) in [6.07, 6.45) is 7.52. The number of nitrogens with two attached hydrogens (primary N) is 1. The SMILES string of the molecule is Cc1ccc(OCCN(CCCCc2ccc3c(n2)NCCC3)CC[C@H](N)C(=O)OSc2ccccc2C)cn1. The van der Waals surface area contributed by atoms with Gasteiger partial charge in [0.15, 0.2) is 0 Å². The molecule has 4 rings (SSSR count). The second kappa shape index (κ2) is 15.6. The van der Waals surface area contributed by atoms with E-state index in [0.29, 0.717) is 19.6 Å². The van der Waals surface area contributed by atoms with Crippen molar-refractivity contribution in [3.8, 4) is 5.75 Å². The van der Waals surface area contributed by atoms with Crippen LogP contribution in [0, 0.1) is 13.8 Å². The zero-order valence-corrected chi connectivity index (χ0v) is 24.4. The second-order valence-electron chi connectivity index (χ2n) is 10.3. The number of aromatic nitrogens is 2. The lowest BCUT2D eigenvalue weighted by Crippen LogP contribution is -2.38. The molecule has 0 spiro atoms. The van der Waals surface area contributed by atoms with Crippen LogP contribution in [0.15, 0.2) is 59.6 Å². The standard InChI is InChI=1S/C31H41N5O3S/c1-23-8-3-4-11-29(23)40-39-31(37)28(32)16-19-36(20-21-38-27-15-12-24(2)34-22-27)18-6-5-10-26-14-13-25-9-7-17-33-30(25)35-26/h3-4,8,11-15,22,28H,5-7,9-10,16-21,32H2,1-2H3,(H,33,35)/t28-/m0/s1. The van der Waals surface area contributed by atoms with Crippen molar-refractivity contribution < 1.29 is 13.7 Å². The number of nitrogens with zero attached hydrogens (tertiary/aromatic N) is 3. The fraction of sp³-hybridized carbons (Fsp3) is 0.452. The maximum Gasteiger partial charge on any atom is 0.335 e. The highest BCUT2D eigenvalue weighted by Gasteiger charge is 2.18. The Labute approximate surface area is 242 Å². The largest absolute Gasteiger partial charge is 0.491 e. The van der Waals surface area contributed by atoms with E-state index in [1.165, 1.54) is 12.0 Å². The first-order valence-electron chi connectivity index (χ1n) is 14.2. The number of carbonyl (C=O) groups is 1. The predicted molar refractivity (Wildman–Crippen MR) is 161 cm³/mol. The van der Waals surface area contributed by atoms with Crippen molar-refractivity contribution in [1.29, 1.82) is 0 Å². The van der Waals surface area contributed by atoms with E-state index >= 15 is 0 Å². The average molecular weight is 564 g/mol. The number of aryl methyl sites for hydroxylation is 4. The maximum atomic E-state index is 12.6. The van der Waals surface area contributed by atoms with E-state index in [9.17, 15) is 4.79 Å². The van der Waals surface area contributed by atoms with E-state index in [4.69, 9.17) is 19.6 Å². The molecule has 3 aromatic rings. The van der Waals surface area contributed by atoms with Gasteiger partial charge in [-0.25, -0.2) is 9.78 Å². The number of ether oxygens (including phenoxy) is 1. The molecule has 0 aliphatic carbocycles. The normalized spacial score (nSPS) is 13.4. The Morgan fingerprint density at radius 1 is 1.10 bits per heavy atom. The molecule has 8 nitrogen and oxygen atoms in total. The zero-order chi connectivity index (χ0) is 28.2. The summed E-state index contributed by atoms with van der Waals surface area (Å²) in [6.45, 7) is 7.77. The Bertz CT molecular complexity index is 1220. The van der Waals surface area contributed by atoms with Gasteiger partial charge in [-0.3, -0.25) is 9.88 Å². The molecule has 214 valence electrons. The molecule has 1 aliphatic heterocycles. The van der Waals surface area contributed by atoms with Gasteiger partial charge >= 0.3 is 5.97 Å². The fourth-order valence-electron chi connectivity index (χ4n) is 4.55. The summed E-state index contributed by atoms with van der Waals surface area (Å²) in [5.74, 6) is 1.41. The molecule has 2 aromatic heterocycles. The van der Waals surface area contributed by atoms with Gasteiger partial charge in [0.25, 0.3) is 0 Å². The topological polar surface area (TPSA) is 103 Å². The Hall–Kier alpha value is -3.14. The lowest BCUT2D eigenvalue weighted by molar-refractivity contribution is -0.134. The molecule has 1 atom stereocenters. The molecule has 0 amide bonds. The molecule has 40 heavy (non-hydrogen) atoms. The van der Waals surface area contributed by atoms with Gasteiger partial charge in [0.2, 0.25) is 0 Å².